The lowest BCUT2D eigenvalue weighted by Gasteiger charge is -2.25. The van der Waals surface area contributed by atoms with Gasteiger partial charge in [-0.05, 0) is 19.3 Å². The van der Waals surface area contributed by atoms with Gasteiger partial charge in [0.25, 0.3) is 0 Å². The average Bonchev–Trinajstić information content (AvgIpc) is 2.73. The Balaban J connectivity index is 2.19. The number of hydrogen-bond acceptors (Lipinski definition) is 5. The molecule has 0 radical (unpaired) electrons. The van der Waals surface area contributed by atoms with E-state index in [4.69, 9.17) is 4.74 Å². The summed E-state index contributed by atoms with van der Waals surface area (Å²) in [7, 11) is 1.54. The molecule has 1 fully saturated rings. The minimum Gasteiger partial charge on any atom is -0.480 e. The van der Waals surface area contributed by atoms with Crippen molar-refractivity contribution in [3.63, 3.8) is 0 Å². The van der Waals surface area contributed by atoms with Crippen molar-refractivity contribution in [2.75, 3.05) is 25.1 Å². The Kier molecular flexibility index (Phi) is 3.20. The normalized spacial score (nSPS) is 16.5. The number of carbonyl (C=O) groups is 1. The van der Waals surface area contributed by atoms with E-state index in [-0.39, 0.29) is 0 Å². The number of aldehydes is 1. The second-order valence-corrected chi connectivity index (χ2v) is 4.54. The number of methoxy groups -OCH3 is 1. The number of rotatable bonds is 3. The summed E-state index contributed by atoms with van der Waals surface area (Å²) >= 11 is 1.41. The molecule has 15 heavy (non-hydrogen) atoms. The van der Waals surface area contributed by atoms with Gasteiger partial charge in [0.1, 0.15) is 4.88 Å². The topological polar surface area (TPSA) is 42.4 Å². The van der Waals surface area contributed by atoms with Crippen LogP contribution in [-0.4, -0.2) is 31.5 Å². The zero-order valence-corrected chi connectivity index (χ0v) is 9.55. The number of piperidine rings is 1. The van der Waals surface area contributed by atoms with Crippen molar-refractivity contribution < 1.29 is 9.53 Å². The molecular formula is C10H14N2O2S. The van der Waals surface area contributed by atoms with Crippen molar-refractivity contribution in [3.8, 4) is 5.88 Å². The molecular weight excluding hydrogens is 212 g/mol. The van der Waals surface area contributed by atoms with Crippen LogP contribution in [0.25, 0.3) is 0 Å². The fraction of sp³-hybridized carbons (Fsp3) is 0.600. The van der Waals surface area contributed by atoms with E-state index in [1.54, 1.807) is 7.11 Å². The molecule has 0 spiro atoms. The van der Waals surface area contributed by atoms with E-state index in [1.807, 2.05) is 0 Å². The molecule has 1 aromatic heterocycles. The highest BCUT2D eigenvalue weighted by Gasteiger charge is 2.18. The van der Waals surface area contributed by atoms with Gasteiger partial charge in [0.2, 0.25) is 5.88 Å². The Bertz CT molecular complexity index is 345. The molecule has 5 heteroatoms. The maximum Gasteiger partial charge on any atom is 0.237 e. The lowest BCUT2D eigenvalue weighted by molar-refractivity contribution is 0.112. The van der Waals surface area contributed by atoms with Gasteiger partial charge in [-0.3, -0.25) is 4.79 Å². The zero-order valence-electron chi connectivity index (χ0n) is 8.73. The van der Waals surface area contributed by atoms with Gasteiger partial charge in [-0.2, -0.15) is 4.98 Å². The molecule has 1 aliphatic heterocycles. The van der Waals surface area contributed by atoms with Crippen LogP contribution in [-0.2, 0) is 0 Å². The van der Waals surface area contributed by atoms with Gasteiger partial charge in [-0.1, -0.05) is 11.3 Å². The number of ether oxygens (including phenoxy) is 1. The van der Waals surface area contributed by atoms with Gasteiger partial charge in [-0.25, -0.2) is 0 Å². The second kappa shape index (κ2) is 4.61. The number of thiazole rings is 1. The summed E-state index contributed by atoms with van der Waals surface area (Å²) in [5.74, 6) is 0.454. The van der Waals surface area contributed by atoms with E-state index in [2.05, 4.69) is 9.88 Å². The van der Waals surface area contributed by atoms with Crippen molar-refractivity contribution in [2.45, 2.75) is 19.3 Å². The van der Waals surface area contributed by atoms with E-state index in [0.29, 0.717) is 10.8 Å². The van der Waals surface area contributed by atoms with Crippen molar-refractivity contribution in [1.29, 1.82) is 0 Å². The summed E-state index contributed by atoms with van der Waals surface area (Å²) in [5.41, 5.74) is 0. The quantitative estimate of drug-likeness (QED) is 0.739. The monoisotopic (exact) mass is 226 g/mol. The van der Waals surface area contributed by atoms with Gasteiger partial charge in [0.05, 0.1) is 7.11 Å². The molecule has 0 unspecified atom stereocenters. The van der Waals surface area contributed by atoms with E-state index < -0.39 is 0 Å². The molecule has 2 rings (SSSR count). The predicted octanol–water partition coefficient (Wildman–Crippen LogP) is 1.95. The third-order valence-corrected chi connectivity index (χ3v) is 3.56. The highest BCUT2D eigenvalue weighted by atomic mass is 32.1. The maximum absolute atomic E-state index is 10.8. The fourth-order valence-corrected chi connectivity index (χ4v) is 2.65. The molecule has 4 nitrogen and oxygen atoms in total. The molecule has 0 bridgehead atoms. The summed E-state index contributed by atoms with van der Waals surface area (Å²) in [5, 5.41) is 0.911. The SMILES string of the molecule is COc1nc(N2CCCCC2)sc1C=O. The van der Waals surface area contributed by atoms with Crippen LogP contribution in [0, 0.1) is 0 Å². The summed E-state index contributed by atoms with van der Waals surface area (Å²) in [6.07, 6.45) is 4.51. The Morgan fingerprint density at radius 2 is 2.13 bits per heavy atom. The van der Waals surface area contributed by atoms with E-state index >= 15 is 0 Å². The van der Waals surface area contributed by atoms with Gasteiger partial charge >= 0.3 is 0 Å². The highest BCUT2D eigenvalue weighted by molar-refractivity contribution is 7.17. The lowest BCUT2D eigenvalue weighted by atomic mass is 10.1. The number of anilines is 1. The first kappa shape index (κ1) is 10.4. The Labute approximate surface area is 92.9 Å². The van der Waals surface area contributed by atoms with Crippen LogP contribution in [0.5, 0.6) is 5.88 Å². The van der Waals surface area contributed by atoms with Crippen molar-refractivity contribution >= 4 is 22.8 Å². The van der Waals surface area contributed by atoms with Crippen LogP contribution in [0.4, 0.5) is 5.13 Å². The minimum atomic E-state index is 0.454. The molecule has 0 saturated carbocycles. The smallest absolute Gasteiger partial charge is 0.237 e. The first-order chi connectivity index (χ1) is 7.35. The molecule has 1 aromatic rings. The second-order valence-electron chi connectivity index (χ2n) is 3.54. The number of hydrogen-bond donors (Lipinski definition) is 0. The van der Waals surface area contributed by atoms with Gasteiger partial charge in [0.15, 0.2) is 11.4 Å². The summed E-state index contributed by atoms with van der Waals surface area (Å²) in [6.45, 7) is 2.07. The van der Waals surface area contributed by atoms with Crippen LogP contribution in [0.3, 0.4) is 0 Å². The first-order valence-electron chi connectivity index (χ1n) is 5.10. The molecule has 0 aliphatic carbocycles. The standard InChI is InChI=1S/C10H14N2O2S/c1-14-9-8(7-13)15-10(11-9)12-5-3-2-4-6-12/h7H,2-6H2,1H3. The zero-order chi connectivity index (χ0) is 10.7. The van der Waals surface area contributed by atoms with Gasteiger partial charge in [-0.15, -0.1) is 0 Å². The number of aromatic nitrogens is 1. The Morgan fingerprint density at radius 3 is 2.67 bits per heavy atom. The van der Waals surface area contributed by atoms with Crippen LogP contribution in [0.2, 0.25) is 0 Å². The van der Waals surface area contributed by atoms with Crippen LogP contribution in [0.15, 0.2) is 0 Å². The van der Waals surface area contributed by atoms with Crippen LogP contribution >= 0.6 is 11.3 Å². The molecule has 0 atom stereocenters. The third kappa shape index (κ3) is 2.12. The lowest BCUT2D eigenvalue weighted by Crippen LogP contribution is -2.29. The van der Waals surface area contributed by atoms with E-state index in [9.17, 15) is 4.79 Å². The summed E-state index contributed by atoms with van der Waals surface area (Å²) in [4.78, 5) is 17.9. The fourth-order valence-electron chi connectivity index (χ4n) is 1.75. The van der Waals surface area contributed by atoms with E-state index in [1.165, 1.54) is 30.6 Å². The maximum atomic E-state index is 10.8. The third-order valence-electron chi connectivity index (χ3n) is 2.54. The van der Waals surface area contributed by atoms with Crippen molar-refractivity contribution in [1.82, 2.24) is 4.98 Å². The Morgan fingerprint density at radius 1 is 1.40 bits per heavy atom. The first-order valence-corrected chi connectivity index (χ1v) is 5.91. The molecule has 1 saturated heterocycles. The largest absolute Gasteiger partial charge is 0.480 e. The van der Waals surface area contributed by atoms with E-state index in [0.717, 1.165) is 24.5 Å². The highest BCUT2D eigenvalue weighted by Crippen LogP contribution is 2.31. The average molecular weight is 226 g/mol. The molecule has 2 heterocycles. The molecule has 82 valence electrons. The van der Waals surface area contributed by atoms with Gasteiger partial charge in [0, 0.05) is 13.1 Å². The predicted molar refractivity (Wildman–Crippen MR) is 60.1 cm³/mol. The summed E-state index contributed by atoms with van der Waals surface area (Å²) in [6, 6.07) is 0. The number of carbonyl (C=O) groups excluding carboxylic acids is 1. The number of nitrogens with zero attached hydrogens (tertiary/aromatic N) is 2. The molecule has 1 aliphatic rings. The van der Waals surface area contributed by atoms with Gasteiger partial charge < -0.3 is 9.64 Å². The Hall–Kier alpha value is -1.10. The molecule has 0 aromatic carbocycles. The summed E-state index contributed by atoms with van der Waals surface area (Å²) < 4.78 is 5.05. The van der Waals surface area contributed by atoms with Crippen molar-refractivity contribution in [3.05, 3.63) is 4.88 Å². The van der Waals surface area contributed by atoms with Crippen molar-refractivity contribution in [2.24, 2.45) is 0 Å². The molecule has 0 amide bonds. The molecule has 0 N–H and O–H groups in total. The minimum absolute atomic E-state index is 0.454. The van der Waals surface area contributed by atoms with Crippen LogP contribution < -0.4 is 9.64 Å². The van der Waals surface area contributed by atoms with Crippen LogP contribution in [0.1, 0.15) is 28.9 Å².